The molecule has 0 atom stereocenters. The van der Waals surface area contributed by atoms with Crippen LogP contribution in [-0.2, 0) is 0 Å². The van der Waals surface area contributed by atoms with Crippen molar-refractivity contribution in [2.24, 2.45) is 0 Å². The van der Waals surface area contributed by atoms with Crippen LogP contribution in [0, 0.1) is 0 Å². The van der Waals surface area contributed by atoms with Crippen LogP contribution in [0.1, 0.15) is 0 Å². The van der Waals surface area contributed by atoms with E-state index in [1.54, 1.807) is 0 Å². The summed E-state index contributed by atoms with van der Waals surface area (Å²) in [5, 5.41) is 6.45. The van der Waals surface area contributed by atoms with E-state index >= 15 is 0 Å². The van der Waals surface area contributed by atoms with Gasteiger partial charge < -0.3 is 8.83 Å². The smallest absolute Gasteiger partial charge is 0.238 e. The number of para-hydroxylation sites is 6. The minimum Gasteiger partial charge on any atom is -0.455 e. The first-order valence-electron chi connectivity index (χ1n) is 17.0. The van der Waals surface area contributed by atoms with Crippen molar-refractivity contribution in [2.75, 3.05) is 0 Å². The number of aromatic nitrogens is 4. The lowest BCUT2D eigenvalue weighted by Crippen LogP contribution is -2.06. The molecule has 11 aromatic rings. The van der Waals surface area contributed by atoms with Gasteiger partial charge in [-0.1, -0.05) is 133 Å². The van der Waals surface area contributed by atoms with Crippen molar-refractivity contribution < 1.29 is 8.83 Å². The summed E-state index contributed by atoms with van der Waals surface area (Å²) >= 11 is 0. The van der Waals surface area contributed by atoms with E-state index in [0.29, 0.717) is 17.6 Å². The predicted molar refractivity (Wildman–Crippen MR) is 205 cm³/mol. The molecular weight excluding hydrogens is 629 g/mol. The van der Waals surface area contributed by atoms with Crippen LogP contribution in [0.15, 0.2) is 167 Å². The summed E-state index contributed by atoms with van der Waals surface area (Å²) in [5.41, 5.74) is 8.90. The zero-order chi connectivity index (χ0) is 33.5. The SMILES string of the molecule is c1ccc(-c2nc(-c3cccc4c3oc3c(-c5cccc6c5oc5ccccc56)cccc34)nc(-n3c4ccccc4c4ccccc43)n2)cc1. The molecule has 6 heteroatoms. The zero-order valence-corrected chi connectivity index (χ0v) is 27.1. The second-order valence-electron chi connectivity index (χ2n) is 12.8. The summed E-state index contributed by atoms with van der Waals surface area (Å²) in [6, 6.07) is 53.8. The highest BCUT2D eigenvalue weighted by Crippen LogP contribution is 2.43. The van der Waals surface area contributed by atoms with Crippen LogP contribution in [-0.4, -0.2) is 19.5 Å². The third-order valence-corrected chi connectivity index (χ3v) is 9.90. The molecule has 0 saturated heterocycles. The molecule has 0 aliphatic rings. The first kappa shape index (κ1) is 27.9. The van der Waals surface area contributed by atoms with Gasteiger partial charge in [0.2, 0.25) is 5.95 Å². The summed E-state index contributed by atoms with van der Waals surface area (Å²) in [6.45, 7) is 0. The summed E-state index contributed by atoms with van der Waals surface area (Å²) in [4.78, 5) is 15.4. The molecule has 0 bridgehead atoms. The number of nitrogens with zero attached hydrogens (tertiary/aromatic N) is 4. The Bertz CT molecular complexity index is 3100. The van der Waals surface area contributed by atoms with Crippen molar-refractivity contribution in [2.45, 2.75) is 0 Å². The molecule has 0 spiro atoms. The Balaban J connectivity index is 1.17. The lowest BCUT2D eigenvalue weighted by Gasteiger charge is -2.11. The van der Waals surface area contributed by atoms with Crippen LogP contribution in [0.2, 0.25) is 0 Å². The van der Waals surface area contributed by atoms with Gasteiger partial charge in [-0.05, 0) is 24.3 Å². The molecule has 0 fully saturated rings. The summed E-state index contributed by atoms with van der Waals surface area (Å²) < 4.78 is 15.5. The first-order chi connectivity index (χ1) is 25.3. The van der Waals surface area contributed by atoms with Crippen molar-refractivity contribution in [3.63, 3.8) is 0 Å². The highest BCUT2D eigenvalue weighted by atomic mass is 16.3. The molecule has 0 N–H and O–H groups in total. The van der Waals surface area contributed by atoms with Crippen molar-refractivity contribution in [3.05, 3.63) is 158 Å². The Morgan fingerprint density at radius 3 is 1.53 bits per heavy atom. The molecule has 6 nitrogen and oxygen atoms in total. The Morgan fingerprint density at radius 2 is 0.843 bits per heavy atom. The van der Waals surface area contributed by atoms with Gasteiger partial charge in [0.15, 0.2) is 11.6 Å². The van der Waals surface area contributed by atoms with Crippen LogP contribution in [0.3, 0.4) is 0 Å². The molecule has 238 valence electrons. The third-order valence-electron chi connectivity index (χ3n) is 9.90. The molecule has 51 heavy (non-hydrogen) atoms. The minimum atomic E-state index is 0.534. The molecule has 7 aromatic carbocycles. The van der Waals surface area contributed by atoms with Gasteiger partial charge in [-0.2, -0.15) is 9.97 Å². The molecular formula is C45H26N4O2. The third kappa shape index (κ3) is 4.14. The van der Waals surface area contributed by atoms with Crippen LogP contribution in [0.4, 0.5) is 0 Å². The molecule has 0 saturated carbocycles. The molecule has 4 heterocycles. The molecule has 0 aliphatic carbocycles. The van der Waals surface area contributed by atoms with Crippen LogP contribution < -0.4 is 0 Å². The van der Waals surface area contributed by atoms with E-state index in [0.717, 1.165) is 87.9 Å². The quantitative estimate of drug-likeness (QED) is 0.189. The second kappa shape index (κ2) is 10.7. The van der Waals surface area contributed by atoms with E-state index in [1.165, 1.54) is 0 Å². The van der Waals surface area contributed by atoms with Gasteiger partial charge in [0.25, 0.3) is 0 Å². The molecule has 0 aliphatic heterocycles. The summed E-state index contributed by atoms with van der Waals surface area (Å²) in [7, 11) is 0. The average Bonchev–Trinajstić information content (AvgIpc) is 3.88. The van der Waals surface area contributed by atoms with Gasteiger partial charge in [-0.15, -0.1) is 0 Å². The highest BCUT2D eigenvalue weighted by Gasteiger charge is 2.22. The zero-order valence-electron chi connectivity index (χ0n) is 27.1. The number of furan rings is 2. The summed E-state index contributed by atoms with van der Waals surface area (Å²) in [5.74, 6) is 1.66. The van der Waals surface area contributed by atoms with Crippen LogP contribution >= 0.6 is 0 Å². The minimum absolute atomic E-state index is 0.534. The fraction of sp³-hybridized carbons (Fsp3) is 0. The predicted octanol–water partition coefficient (Wildman–Crippen LogP) is 11.8. The Morgan fingerprint density at radius 1 is 0.353 bits per heavy atom. The fourth-order valence-corrected chi connectivity index (χ4v) is 7.61. The van der Waals surface area contributed by atoms with Crippen molar-refractivity contribution in [1.82, 2.24) is 19.5 Å². The fourth-order valence-electron chi connectivity index (χ4n) is 7.61. The first-order valence-corrected chi connectivity index (χ1v) is 17.0. The van der Waals surface area contributed by atoms with E-state index in [1.807, 2.05) is 60.7 Å². The van der Waals surface area contributed by atoms with Gasteiger partial charge in [-0.3, -0.25) is 4.57 Å². The maximum absolute atomic E-state index is 6.91. The molecule has 0 radical (unpaired) electrons. The average molecular weight is 655 g/mol. The lowest BCUT2D eigenvalue weighted by molar-refractivity contribution is 0.665. The second-order valence-corrected chi connectivity index (χ2v) is 12.8. The maximum Gasteiger partial charge on any atom is 0.238 e. The van der Waals surface area contributed by atoms with Crippen LogP contribution in [0.25, 0.3) is 106 Å². The highest BCUT2D eigenvalue weighted by molar-refractivity contribution is 6.16. The van der Waals surface area contributed by atoms with Gasteiger partial charge in [0, 0.05) is 49.0 Å². The van der Waals surface area contributed by atoms with Crippen molar-refractivity contribution in [3.8, 4) is 39.9 Å². The van der Waals surface area contributed by atoms with Crippen molar-refractivity contribution in [1.29, 1.82) is 0 Å². The molecule has 0 amide bonds. The number of benzene rings is 7. The van der Waals surface area contributed by atoms with E-state index in [-0.39, 0.29) is 0 Å². The van der Waals surface area contributed by atoms with Gasteiger partial charge in [0.1, 0.15) is 22.3 Å². The normalized spacial score (nSPS) is 11.9. The van der Waals surface area contributed by atoms with Gasteiger partial charge in [-0.25, -0.2) is 4.98 Å². The van der Waals surface area contributed by atoms with E-state index in [9.17, 15) is 0 Å². The van der Waals surface area contributed by atoms with Gasteiger partial charge >= 0.3 is 0 Å². The summed E-state index contributed by atoms with van der Waals surface area (Å²) in [6.07, 6.45) is 0. The van der Waals surface area contributed by atoms with E-state index in [4.69, 9.17) is 23.8 Å². The topological polar surface area (TPSA) is 69.9 Å². The Kier molecular flexibility index (Phi) is 5.86. The number of rotatable bonds is 4. The van der Waals surface area contributed by atoms with Gasteiger partial charge in [0.05, 0.1) is 16.6 Å². The molecule has 0 unspecified atom stereocenters. The Hall–Kier alpha value is -7.05. The molecule has 11 rings (SSSR count). The van der Waals surface area contributed by atoms with Crippen LogP contribution in [0.5, 0.6) is 0 Å². The molecule has 4 aromatic heterocycles. The number of hydrogen-bond donors (Lipinski definition) is 0. The van der Waals surface area contributed by atoms with E-state index < -0.39 is 0 Å². The number of fused-ring (bicyclic) bond motifs is 9. The van der Waals surface area contributed by atoms with Crippen molar-refractivity contribution >= 4 is 65.7 Å². The maximum atomic E-state index is 6.91. The monoisotopic (exact) mass is 654 g/mol. The number of hydrogen-bond acceptors (Lipinski definition) is 5. The lowest BCUT2D eigenvalue weighted by atomic mass is 9.99. The Labute approximate surface area is 290 Å². The standard InChI is InChI=1S/C45H26N4O2/c1-2-13-27(14-3-1)43-46-44(48-45(47-43)49-37-24-7-4-15-28(37)29-16-5-8-25-38(29)49)36-23-12-22-35-34-21-11-20-33(41(34)51-42(35)36)32-19-10-18-31-30-17-6-9-26-39(30)50-40(31)32/h1-26H. The largest absolute Gasteiger partial charge is 0.455 e. The van der Waals surface area contributed by atoms with E-state index in [2.05, 4.69) is 102 Å².